The fourth-order valence-electron chi connectivity index (χ4n) is 2.84. The highest BCUT2D eigenvalue weighted by Gasteiger charge is 2.22. The number of benzene rings is 1. The highest BCUT2D eigenvalue weighted by molar-refractivity contribution is 5.78. The molecule has 1 saturated heterocycles. The molecule has 0 saturated carbocycles. The molecule has 0 aromatic heterocycles. The van der Waals surface area contributed by atoms with Gasteiger partial charge in [-0.2, -0.15) is 0 Å². The minimum atomic E-state index is 0.303. The first kappa shape index (κ1) is 15.0. The van der Waals surface area contributed by atoms with Crippen LogP contribution in [0.3, 0.4) is 0 Å². The monoisotopic (exact) mass is 274 g/mol. The van der Waals surface area contributed by atoms with Crippen molar-refractivity contribution >= 4 is 5.91 Å². The van der Waals surface area contributed by atoms with Gasteiger partial charge in [0.05, 0.1) is 0 Å². The second-order valence-corrected chi connectivity index (χ2v) is 6.08. The van der Waals surface area contributed by atoms with Gasteiger partial charge in [-0.1, -0.05) is 18.2 Å². The molecule has 1 fully saturated rings. The summed E-state index contributed by atoms with van der Waals surface area (Å²) in [7, 11) is 0. The highest BCUT2D eigenvalue weighted by atomic mass is 16.2. The second kappa shape index (κ2) is 6.40. The van der Waals surface area contributed by atoms with Crippen molar-refractivity contribution in [2.24, 2.45) is 0 Å². The molecule has 1 aromatic rings. The maximum absolute atomic E-state index is 11.6. The molecule has 0 aliphatic carbocycles. The standard InChI is InChI=1S/C17H26N2O/c1-12-7-8-16(10-13(12)2)15(4)18-14(3)11-19-9-5-6-17(19)20/h7-8,10,14-15,18H,5-6,9,11H2,1-4H3. The summed E-state index contributed by atoms with van der Waals surface area (Å²) in [5.74, 6) is 0.303. The molecule has 2 rings (SSSR count). The van der Waals surface area contributed by atoms with E-state index in [4.69, 9.17) is 0 Å². The zero-order valence-electron chi connectivity index (χ0n) is 13.1. The molecule has 1 aromatic carbocycles. The first-order valence-electron chi connectivity index (χ1n) is 7.58. The molecule has 3 heteroatoms. The lowest BCUT2D eigenvalue weighted by Gasteiger charge is -2.25. The molecule has 3 nitrogen and oxygen atoms in total. The Hall–Kier alpha value is -1.35. The van der Waals surface area contributed by atoms with E-state index >= 15 is 0 Å². The average Bonchev–Trinajstić information content (AvgIpc) is 2.78. The van der Waals surface area contributed by atoms with Crippen molar-refractivity contribution < 1.29 is 4.79 Å². The predicted molar refractivity (Wildman–Crippen MR) is 82.7 cm³/mol. The third-order valence-corrected chi connectivity index (χ3v) is 4.23. The van der Waals surface area contributed by atoms with Gasteiger partial charge in [-0.15, -0.1) is 0 Å². The Morgan fingerprint density at radius 1 is 1.25 bits per heavy atom. The Morgan fingerprint density at radius 2 is 2.00 bits per heavy atom. The molecule has 2 atom stereocenters. The van der Waals surface area contributed by atoms with E-state index in [1.165, 1.54) is 16.7 Å². The lowest BCUT2D eigenvalue weighted by molar-refractivity contribution is -0.127. The molecule has 1 N–H and O–H groups in total. The van der Waals surface area contributed by atoms with Gasteiger partial charge < -0.3 is 10.2 Å². The van der Waals surface area contributed by atoms with Crippen molar-refractivity contribution in [1.29, 1.82) is 0 Å². The fraction of sp³-hybridized carbons (Fsp3) is 0.588. The largest absolute Gasteiger partial charge is 0.341 e. The number of carbonyl (C=O) groups excluding carboxylic acids is 1. The van der Waals surface area contributed by atoms with Crippen molar-refractivity contribution in [3.8, 4) is 0 Å². The van der Waals surface area contributed by atoms with Gasteiger partial charge in [-0.25, -0.2) is 0 Å². The Morgan fingerprint density at radius 3 is 2.60 bits per heavy atom. The summed E-state index contributed by atoms with van der Waals surface area (Å²) in [4.78, 5) is 13.6. The number of rotatable bonds is 5. The zero-order chi connectivity index (χ0) is 14.7. The average molecular weight is 274 g/mol. The van der Waals surface area contributed by atoms with E-state index in [1.54, 1.807) is 0 Å². The zero-order valence-corrected chi connectivity index (χ0v) is 13.1. The minimum absolute atomic E-state index is 0.303. The molecule has 1 amide bonds. The van der Waals surface area contributed by atoms with Crippen molar-refractivity contribution in [1.82, 2.24) is 10.2 Å². The van der Waals surface area contributed by atoms with Crippen LogP contribution in [0, 0.1) is 13.8 Å². The van der Waals surface area contributed by atoms with E-state index in [0.29, 0.717) is 18.0 Å². The molecule has 2 unspecified atom stereocenters. The Kier molecular flexibility index (Phi) is 4.81. The second-order valence-electron chi connectivity index (χ2n) is 6.08. The third kappa shape index (κ3) is 3.60. The van der Waals surface area contributed by atoms with Crippen LogP contribution in [0.15, 0.2) is 18.2 Å². The third-order valence-electron chi connectivity index (χ3n) is 4.23. The SMILES string of the molecule is Cc1ccc(C(C)NC(C)CN2CCCC2=O)cc1C. The van der Waals surface area contributed by atoms with E-state index in [0.717, 1.165) is 25.9 Å². The maximum Gasteiger partial charge on any atom is 0.222 e. The molecule has 0 radical (unpaired) electrons. The van der Waals surface area contributed by atoms with Crippen LogP contribution >= 0.6 is 0 Å². The van der Waals surface area contributed by atoms with Gasteiger partial charge in [-0.3, -0.25) is 4.79 Å². The molecular formula is C17H26N2O. The lowest BCUT2D eigenvalue weighted by Crippen LogP contribution is -2.40. The van der Waals surface area contributed by atoms with Crippen LogP contribution in [0.1, 0.15) is 49.4 Å². The summed E-state index contributed by atoms with van der Waals surface area (Å²) < 4.78 is 0. The summed E-state index contributed by atoms with van der Waals surface area (Å²) in [6.07, 6.45) is 1.73. The molecule has 1 heterocycles. The summed E-state index contributed by atoms with van der Waals surface area (Å²) in [6, 6.07) is 7.24. The molecule has 0 bridgehead atoms. The molecular weight excluding hydrogens is 248 g/mol. The normalized spacial score (nSPS) is 18.4. The van der Waals surface area contributed by atoms with E-state index in [2.05, 4.69) is 51.2 Å². The Balaban J connectivity index is 1.91. The summed E-state index contributed by atoms with van der Waals surface area (Å²) in [5.41, 5.74) is 3.97. The van der Waals surface area contributed by atoms with Crippen LogP contribution in [0.4, 0.5) is 0 Å². The number of hydrogen-bond acceptors (Lipinski definition) is 2. The first-order valence-corrected chi connectivity index (χ1v) is 7.58. The number of nitrogens with one attached hydrogen (secondary N) is 1. The molecule has 20 heavy (non-hydrogen) atoms. The van der Waals surface area contributed by atoms with Crippen LogP contribution in [0.2, 0.25) is 0 Å². The smallest absolute Gasteiger partial charge is 0.222 e. The van der Waals surface area contributed by atoms with Gasteiger partial charge in [0.2, 0.25) is 5.91 Å². The number of amides is 1. The van der Waals surface area contributed by atoms with Gasteiger partial charge in [-0.05, 0) is 50.8 Å². The van der Waals surface area contributed by atoms with Crippen molar-refractivity contribution in [3.63, 3.8) is 0 Å². The van der Waals surface area contributed by atoms with Crippen LogP contribution in [0.25, 0.3) is 0 Å². The fourth-order valence-corrected chi connectivity index (χ4v) is 2.84. The highest BCUT2D eigenvalue weighted by Crippen LogP contribution is 2.18. The minimum Gasteiger partial charge on any atom is -0.341 e. The van der Waals surface area contributed by atoms with Gasteiger partial charge in [0.15, 0.2) is 0 Å². The van der Waals surface area contributed by atoms with Gasteiger partial charge in [0.25, 0.3) is 0 Å². The number of hydrogen-bond donors (Lipinski definition) is 1. The van der Waals surface area contributed by atoms with Gasteiger partial charge >= 0.3 is 0 Å². The van der Waals surface area contributed by atoms with Crippen LogP contribution in [-0.2, 0) is 4.79 Å². The number of carbonyl (C=O) groups is 1. The topological polar surface area (TPSA) is 32.3 Å². The van der Waals surface area contributed by atoms with E-state index in [9.17, 15) is 4.79 Å². The molecule has 110 valence electrons. The van der Waals surface area contributed by atoms with Crippen LogP contribution < -0.4 is 5.32 Å². The number of aryl methyl sites for hydroxylation is 2. The quantitative estimate of drug-likeness (QED) is 0.895. The Bertz CT molecular complexity index is 484. The first-order chi connectivity index (χ1) is 9.47. The van der Waals surface area contributed by atoms with E-state index < -0.39 is 0 Å². The predicted octanol–water partition coefficient (Wildman–Crippen LogP) is 2.96. The maximum atomic E-state index is 11.6. The molecule has 1 aliphatic rings. The number of likely N-dealkylation sites (tertiary alicyclic amines) is 1. The lowest BCUT2D eigenvalue weighted by atomic mass is 10.0. The summed E-state index contributed by atoms with van der Waals surface area (Å²) in [5, 5.41) is 3.60. The molecule has 1 aliphatic heterocycles. The Labute approximate surface area is 122 Å². The summed E-state index contributed by atoms with van der Waals surface area (Å²) >= 11 is 0. The van der Waals surface area contributed by atoms with Crippen molar-refractivity contribution in [3.05, 3.63) is 34.9 Å². The van der Waals surface area contributed by atoms with E-state index in [-0.39, 0.29) is 0 Å². The van der Waals surface area contributed by atoms with Crippen molar-refractivity contribution in [2.45, 2.75) is 52.6 Å². The van der Waals surface area contributed by atoms with Gasteiger partial charge in [0.1, 0.15) is 0 Å². The van der Waals surface area contributed by atoms with Crippen LogP contribution in [0.5, 0.6) is 0 Å². The number of nitrogens with zero attached hydrogens (tertiary/aromatic N) is 1. The van der Waals surface area contributed by atoms with Gasteiger partial charge in [0, 0.05) is 31.6 Å². The summed E-state index contributed by atoms with van der Waals surface area (Å²) in [6.45, 7) is 10.4. The van der Waals surface area contributed by atoms with Crippen LogP contribution in [-0.4, -0.2) is 29.9 Å². The molecule has 0 spiro atoms. The van der Waals surface area contributed by atoms with E-state index in [1.807, 2.05) is 4.90 Å². The van der Waals surface area contributed by atoms with Crippen molar-refractivity contribution in [2.75, 3.05) is 13.1 Å².